The van der Waals surface area contributed by atoms with Gasteiger partial charge in [0.25, 0.3) is 5.91 Å². The molecule has 13 heteroatoms. The van der Waals surface area contributed by atoms with Crippen LogP contribution in [0.4, 0.5) is 10.1 Å². The Morgan fingerprint density at radius 3 is 2.33 bits per heavy atom. The number of amides is 4. The number of likely N-dealkylation sites (N-methyl/N-ethyl adjacent to an activating group) is 1. The number of nitrogens with zero attached hydrogens (tertiary/aromatic N) is 4. The molecular weight excluding hydrogens is 617 g/mol. The smallest absolute Gasteiger partial charge is 0.270 e. The number of aromatic nitrogens is 2. The van der Waals surface area contributed by atoms with Crippen LogP contribution in [-0.2, 0) is 25.7 Å². The fraction of sp³-hybridized carbons (Fsp3) is 0.629. The lowest BCUT2D eigenvalue weighted by molar-refractivity contribution is -0.139. The van der Waals surface area contributed by atoms with E-state index in [1.165, 1.54) is 12.1 Å². The third-order valence-electron chi connectivity index (χ3n) is 10.2. The maximum atomic E-state index is 15.8. The maximum absolute atomic E-state index is 15.8. The molecule has 4 amide bonds. The van der Waals surface area contributed by atoms with Gasteiger partial charge in [0.2, 0.25) is 17.7 Å². The van der Waals surface area contributed by atoms with Crippen LogP contribution in [0.15, 0.2) is 30.5 Å². The summed E-state index contributed by atoms with van der Waals surface area (Å²) in [5.41, 5.74) is 0.866. The molecule has 12 nitrogen and oxygen atoms in total. The van der Waals surface area contributed by atoms with Gasteiger partial charge in [-0.3, -0.25) is 28.8 Å². The summed E-state index contributed by atoms with van der Waals surface area (Å²) in [6.07, 6.45) is 5.77. The number of methoxy groups -OCH3 is 1. The highest BCUT2D eigenvalue weighted by Gasteiger charge is 2.48. The number of hydrogen-bond donors (Lipinski definition) is 3. The minimum atomic E-state index is -0.905. The molecular formula is C35H50FN7O5. The minimum Gasteiger partial charge on any atom is -0.383 e. The molecule has 2 heterocycles. The average molecular weight is 668 g/mol. The first-order valence-electron chi connectivity index (χ1n) is 17.3. The second-order valence-corrected chi connectivity index (χ2v) is 13.5. The Balaban J connectivity index is 1.33. The van der Waals surface area contributed by atoms with Crippen molar-refractivity contribution in [3.8, 4) is 0 Å². The highest BCUT2D eigenvalue weighted by atomic mass is 19.1. The zero-order valence-corrected chi connectivity index (χ0v) is 28.7. The average Bonchev–Trinajstić information content (AvgIpc) is 4.03. The van der Waals surface area contributed by atoms with Gasteiger partial charge in [0.05, 0.1) is 18.3 Å². The van der Waals surface area contributed by atoms with Crippen LogP contribution in [0.1, 0.15) is 74.8 Å². The first kappa shape index (κ1) is 35.5. The van der Waals surface area contributed by atoms with Crippen LogP contribution in [0.25, 0.3) is 0 Å². The van der Waals surface area contributed by atoms with Crippen molar-refractivity contribution in [3.63, 3.8) is 0 Å². The molecule has 0 bridgehead atoms. The fourth-order valence-electron chi connectivity index (χ4n) is 6.93. The molecule has 0 unspecified atom stereocenters. The number of halogens is 1. The predicted molar refractivity (Wildman–Crippen MR) is 179 cm³/mol. The lowest BCUT2D eigenvalue weighted by Gasteiger charge is -2.41. The molecule has 1 aromatic carbocycles. The second-order valence-electron chi connectivity index (χ2n) is 13.5. The second kappa shape index (κ2) is 15.6. The van der Waals surface area contributed by atoms with E-state index < -0.39 is 29.7 Å². The van der Waals surface area contributed by atoms with Crippen molar-refractivity contribution in [2.45, 2.75) is 83.5 Å². The Kier molecular flexibility index (Phi) is 11.5. The van der Waals surface area contributed by atoms with Gasteiger partial charge in [0.1, 0.15) is 23.6 Å². The van der Waals surface area contributed by atoms with E-state index in [0.717, 1.165) is 25.7 Å². The van der Waals surface area contributed by atoms with Crippen molar-refractivity contribution >= 4 is 29.3 Å². The summed E-state index contributed by atoms with van der Waals surface area (Å²) in [4.78, 5) is 57.5. The summed E-state index contributed by atoms with van der Waals surface area (Å²) < 4.78 is 22.7. The molecule has 2 aliphatic carbocycles. The van der Waals surface area contributed by atoms with Gasteiger partial charge in [-0.15, -0.1) is 0 Å². The third kappa shape index (κ3) is 8.23. The van der Waals surface area contributed by atoms with Gasteiger partial charge in [-0.05, 0) is 81.2 Å². The number of nitrogens with one attached hydrogen (secondary N) is 3. The van der Waals surface area contributed by atoms with E-state index in [9.17, 15) is 19.2 Å². The van der Waals surface area contributed by atoms with Crippen LogP contribution >= 0.6 is 0 Å². The molecule has 3 fully saturated rings. The lowest BCUT2D eigenvalue weighted by atomic mass is 9.88. The van der Waals surface area contributed by atoms with Gasteiger partial charge >= 0.3 is 0 Å². The molecule has 1 aromatic heterocycles. The quantitative estimate of drug-likeness (QED) is 0.266. The monoisotopic (exact) mass is 667 g/mol. The predicted octanol–water partition coefficient (Wildman–Crippen LogP) is 3.00. The normalized spacial score (nSPS) is 20.2. The molecule has 3 aliphatic rings. The van der Waals surface area contributed by atoms with Crippen molar-refractivity contribution in [3.05, 3.63) is 47.5 Å². The van der Waals surface area contributed by atoms with Crippen LogP contribution in [-0.4, -0.2) is 102 Å². The molecule has 1 aliphatic heterocycles. The number of piperazine rings is 1. The number of rotatable bonds is 15. The number of ether oxygens (including phenoxy) is 1. The molecule has 3 N–H and O–H groups in total. The van der Waals surface area contributed by atoms with Gasteiger partial charge in [-0.1, -0.05) is 19.9 Å². The highest BCUT2D eigenvalue weighted by molar-refractivity contribution is 6.01. The van der Waals surface area contributed by atoms with Gasteiger partial charge in [0, 0.05) is 51.8 Å². The van der Waals surface area contributed by atoms with Crippen molar-refractivity contribution in [1.82, 2.24) is 30.2 Å². The zero-order chi connectivity index (χ0) is 34.5. The molecule has 5 rings (SSSR count). The molecule has 48 heavy (non-hydrogen) atoms. The van der Waals surface area contributed by atoms with Gasteiger partial charge in [-0.2, -0.15) is 5.10 Å². The summed E-state index contributed by atoms with van der Waals surface area (Å²) >= 11 is 0. The van der Waals surface area contributed by atoms with E-state index in [-0.39, 0.29) is 41.8 Å². The molecule has 4 atom stereocenters. The van der Waals surface area contributed by atoms with Crippen molar-refractivity contribution < 1.29 is 28.3 Å². The maximum Gasteiger partial charge on any atom is 0.270 e. The van der Waals surface area contributed by atoms with E-state index in [0.29, 0.717) is 55.9 Å². The Morgan fingerprint density at radius 2 is 1.73 bits per heavy atom. The Hall–Kier alpha value is -3.84. The highest BCUT2D eigenvalue weighted by Crippen LogP contribution is 2.51. The van der Waals surface area contributed by atoms with Gasteiger partial charge in [0.15, 0.2) is 0 Å². The number of benzene rings is 1. The standard InChI is InChI=1S/C35H50FN7O5/c1-6-29(44)39-31(35(47)42-17-16-41(4)25(19-42)20-48-5)21(3)24-12-13-27(26(36)18-24)38-34(46)32(30(22-8-9-22)23-10-11-23)40-33(45)28-14-15-37-43(28)7-2/h12-15,18,21-23,25,30-32H,6-11,16-17,19-20H2,1-5H3,(H,38,46)(H,39,44)(H,40,45)/t21-,25+,31+,32-/m0/s1. The number of carbonyl (C=O) groups is 4. The van der Waals surface area contributed by atoms with Crippen molar-refractivity contribution in [2.24, 2.45) is 17.8 Å². The van der Waals surface area contributed by atoms with Crippen LogP contribution in [0.2, 0.25) is 0 Å². The summed E-state index contributed by atoms with van der Waals surface area (Å²) in [5.74, 6) is -1.91. The molecule has 1 saturated heterocycles. The van der Waals surface area contributed by atoms with E-state index in [4.69, 9.17) is 4.74 Å². The summed E-state index contributed by atoms with van der Waals surface area (Å²) in [7, 11) is 3.61. The summed E-state index contributed by atoms with van der Waals surface area (Å²) in [6.45, 7) is 7.99. The van der Waals surface area contributed by atoms with E-state index in [1.54, 1.807) is 48.9 Å². The van der Waals surface area contributed by atoms with Gasteiger partial charge in [-0.25, -0.2) is 4.39 Å². The van der Waals surface area contributed by atoms with Crippen LogP contribution in [0.5, 0.6) is 0 Å². The Labute approximate surface area is 282 Å². The summed E-state index contributed by atoms with van der Waals surface area (Å²) in [5, 5.41) is 12.8. The minimum absolute atomic E-state index is 0.0129. The zero-order valence-electron chi connectivity index (χ0n) is 28.7. The van der Waals surface area contributed by atoms with E-state index >= 15 is 4.39 Å². The number of anilines is 1. The first-order chi connectivity index (χ1) is 23.1. The molecule has 2 aromatic rings. The Bertz CT molecular complexity index is 1460. The number of hydrogen-bond acceptors (Lipinski definition) is 7. The van der Waals surface area contributed by atoms with Crippen molar-refractivity contribution in [1.29, 1.82) is 0 Å². The van der Waals surface area contributed by atoms with Crippen molar-refractivity contribution in [2.75, 3.05) is 45.7 Å². The van der Waals surface area contributed by atoms with E-state index in [2.05, 4.69) is 25.9 Å². The lowest BCUT2D eigenvalue weighted by Crippen LogP contribution is -2.59. The largest absolute Gasteiger partial charge is 0.383 e. The SMILES string of the molecule is CCC(=O)N[C@@H](C(=O)N1CCN(C)[C@@H](COC)C1)[C@@H](C)c1ccc(NC(=O)[C@@H](NC(=O)c2ccnn2CC)C(C2CC2)C2CC2)c(F)c1. The fourth-order valence-corrected chi connectivity index (χ4v) is 6.93. The number of carbonyl (C=O) groups excluding carboxylic acids is 4. The van der Waals surface area contributed by atoms with Crippen LogP contribution < -0.4 is 16.0 Å². The number of aryl methyl sites for hydroxylation is 1. The topological polar surface area (TPSA) is 138 Å². The van der Waals surface area contributed by atoms with Crippen LogP contribution in [0.3, 0.4) is 0 Å². The summed E-state index contributed by atoms with van der Waals surface area (Å²) in [6, 6.07) is 4.38. The first-order valence-corrected chi connectivity index (χ1v) is 17.3. The molecule has 0 radical (unpaired) electrons. The van der Waals surface area contributed by atoms with Crippen LogP contribution in [0, 0.1) is 23.6 Å². The Morgan fingerprint density at radius 1 is 1.02 bits per heavy atom. The molecule has 0 spiro atoms. The van der Waals surface area contributed by atoms with Gasteiger partial charge < -0.3 is 25.6 Å². The molecule has 262 valence electrons. The van der Waals surface area contributed by atoms with E-state index in [1.807, 2.05) is 14.0 Å². The third-order valence-corrected chi connectivity index (χ3v) is 10.2. The molecule has 2 saturated carbocycles.